The summed E-state index contributed by atoms with van der Waals surface area (Å²) >= 11 is 0. The van der Waals surface area contributed by atoms with Gasteiger partial charge in [0, 0.05) is 0 Å². The lowest BCUT2D eigenvalue weighted by Crippen LogP contribution is -2.33. The summed E-state index contributed by atoms with van der Waals surface area (Å²) < 4.78 is 4.98. The summed E-state index contributed by atoms with van der Waals surface area (Å²) in [7, 11) is 0. The van der Waals surface area contributed by atoms with Crippen molar-refractivity contribution in [3.8, 4) is 0 Å². The van der Waals surface area contributed by atoms with Crippen LogP contribution < -0.4 is 0 Å². The highest BCUT2D eigenvalue weighted by Crippen LogP contribution is 2.21. The topological polar surface area (TPSA) is 63.7 Å². The molecule has 0 bridgehead atoms. The average molecular weight is 261 g/mol. The molecule has 0 saturated carbocycles. The maximum atomic E-state index is 12.0. The van der Waals surface area contributed by atoms with Crippen LogP contribution in [0.3, 0.4) is 0 Å². The minimum atomic E-state index is -0.336. The number of ether oxygens (including phenoxy) is 1. The summed E-state index contributed by atoms with van der Waals surface area (Å²) in [5.41, 5.74) is 0.811. The number of hydrogen-bond donors (Lipinski definition) is 0. The minimum Gasteiger partial charge on any atom is -0.464 e. The molecule has 1 aromatic rings. The van der Waals surface area contributed by atoms with Gasteiger partial charge in [0.05, 0.1) is 23.6 Å². The standard InChI is InChI=1S/C14H15NO4/c1-9(2)14(18)19-8-7-15-12(16)10-5-3-4-6-11(10)13(15)17/h3-6,9H,7-8H2,1-2H3. The zero-order valence-corrected chi connectivity index (χ0v) is 10.9. The van der Waals surface area contributed by atoms with E-state index in [1.807, 2.05) is 0 Å². The molecule has 1 aliphatic rings. The Balaban J connectivity index is 1.99. The molecule has 5 nitrogen and oxygen atoms in total. The first-order valence-electron chi connectivity index (χ1n) is 6.14. The summed E-state index contributed by atoms with van der Waals surface area (Å²) in [6, 6.07) is 6.67. The molecule has 0 radical (unpaired) electrons. The molecule has 0 atom stereocenters. The number of imide groups is 1. The van der Waals surface area contributed by atoms with Gasteiger partial charge < -0.3 is 4.74 Å². The van der Waals surface area contributed by atoms with E-state index in [0.717, 1.165) is 4.90 Å². The van der Waals surface area contributed by atoms with Gasteiger partial charge >= 0.3 is 5.97 Å². The van der Waals surface area contributed by atoms with Crippen LogP contribution in [0.15, 0.2) is 24.3 Å². The van der Waals surface area contributed by atoms with Crippen LogP contribution in [0.25, 0.3) is 0 Å². The van der Waals surface area contributed by atoms with Gasteiger partial charge in [-0.3, -0.25) is 19.3 Å². The third kappa shape index (κ3) is 2.50. The number of carbonyl (C=O) groups is 3. The van der Waals surface area contributed by atoms with E-state index in [1.165, 1.54) is 0 Å². The number of amides is 2. The van der Waals surface area contributed by atoms with Crippen LogP contribution in [-0.2, 0) is 9.53 Å². The Hall–Kier alpha value is -2.17. The van der Waals surface area contributed by atoms with Crippen molar-refractivity contribution < 1.29 is 19.1 Å². The van der Waals surface area contributed by atoms with E-state index >= 15 is 0 Å². The van der Waals surface area contributed by atoms with Crippen molar-refractivity contribution in [2.45, 2.75) is 13.8 Å². The summed E-state index contributed by atoms with van der Waals surface area (Å²) in [6.07, 6.45) is 0. The van der Waals surface area contributed by atoms with Crippen molar-refractivity contribution in [2.24, 2.45) is 5.92 Å². The van der Waals surface area contributed by atoms with Gasteiger partial charge in [0.15, 0.2) is 0 Å². The predicted octanol–water partition coefficient (Wildman–Crippen LogP) is 1.48. The third-order valence-corrected chi connectivity index (χ3v) is 2.91. The van der Waals surface area contributed by atoms with Gasteiger partial charge in [-0.25, -0.2) is 0 Å². The van der Waals surface area contributed by atoms with Gasteiger partial charge in [-0.2, -0.15) is 0 Å². The lowest BCUT2D eigenvalue weighted by molar-refractivity contribution is -0.147. The minimum absolute atomic E-state index is 0.0302. The molecule has 0 fully saturated rings. The first kappa shape index (κ1) is 13.3. The third-order valence-electron chi connectivity index (χ3n) is 2.91. The van der Waals surface area contributed by atoms with E-state index in [0.29, 0.717) is 11.1 Å². The second-order valence-corrected chi connectivity index (χ2v) is 4.63. The molecule has 2 amide bonds. The van der Waals surface area contributed by atoms with Gasteiger partial charge in [-0.15, -0.1) is 0 Å². The fourth-order valence-electron chi connectivity index (χ4n) is 1.85. The van der Waals surface area contributed by atoms with Crippen molar-refractivity contribution >= 4 is 17.8 Å². The molecule has 0 unspecified atom stereocenters. The Morgan fingerprint density at radius 2 is 1.68 bits per heavy atom. The Labute approximate surface area is 111 Å². The van der Waals surface area contributed by atoms with Crippen molar-refractivity contribution in [1.29, 1.82) is 0 Å². The Bertz CT molecular complexity index is 501. The van der Waals surface area contributed by atoms with E-state index in [4.69, 9.17) is 4.74 Å². The van der Waals surface area contributed by atoms with Crippen LogP contribution >= 0.6 is 0 Å². The summed E-state index contributed by atoms with van der Waals surface area (Å²) in [5.74, 6) is -1.22. The molecule has 0 N–H and O–H groups in total. The molecule has 0 spiro atoms. The molecule has 1 aromatic carbocycles. The normalized spacial score (nSPS) is 13.9. The zero-order valence-electron chi connectivity index (χ0n) is 10.9. The van der Waals surface area contributed by atoms with Crippen molar-refractivity contribution in [3.05, 3.63) is 35.4 Å². The largest absolute Gasteiger partial charge is 0.464 e. The van der Waals surface area contributed by atoms with Crippen molar-refractivity contribution in [2.75, 3.05) is 13.2 Å². The molecular weight excluding hydrogens is 246 g/mol. The average Bonchev–Trinajstić information content (AvgIpc) is 2.64. The molecule has 0 aromatic heterocycles. The monoisotopic (exact) mass is 261 g/mol. The van der Waals surface area contributed by atoms with Gasteiger partial charge in [-0.1, -0.05) is 26.0 Å². The summed E-state index contributed by atoms with van der Waals surface area (Å²) in [6.45, 7) is 3.57. The SMILES string of the molecule is CC(C)C(=O)OCCN1C(=O)c2ccccc2C1=O. The molecular formula is C14H15NO4. The van der Waals surface area contributed by atoms with Crippen LogP contribution in [0, 0.1) is 5.92 Å². The fourth-order valence-corrected chi connectivity index (χ4v) is 1.85. The van der Waals surface area contributed by atoms with Crippen molar-refractivity contribution in [3.63, 3.8) is 0 Å². The summed E-state index contributed by atoms with van der Waals surface area (Å²) in [5, 5.41) is 0. The van der Waals surface area contributed by atoms with E-state index in [1.54, 1.807) is 38.1 Å². The predicted molar refractivity (Wildman–Crippen MR) is 67.6 cm³/mol. The smallest absolute Gasteiger partial charge is 0.308 e. The summed E-state index contributed by atoms with van der Waals surface area (Å²) in [4.78, 5) is 36.4. The Morgan fingerprint density at radius 1 is 1.16 bits per heavy atom. The van der Waals surface area contributed by atoms with E-state index in [-0.39, 0.29) is 36.9 Å². The number of fused-ring (bicyclic) bond motifs is 1. The zero-order chi connectivity index (χ0) is 14.0. The molecule has 0 aliphatic carbocycles. The second-order valence-electron chi connectivity index (χ2n) is 4.63. The lowest BCUT2D eigenvalue weighted by atomic mass is 10.1. The quantitative estimate of drug-likeness (QED) is 0.608. The van der Waals surface area contributed by atoms with E-state index in [9.17, 15) is 14.4 Å². The van der Waals surface area contributed by atoms with Crippen LogP contribution in [-0.4, -0.2) is 35.8 Å². The maximum absolute atomic E-state index is 12.0. The van der Waals surface area contributed by atoms with Crippen LogP contribution in [0.4, 0.5) is 0 Å². The first-order valence-corrected chi connectivity index (χ1v) is 6.14. The number of nitrogens with zero attached hydrogens (tertiary/aromatic N) is 1. The highest BCUT2D eigenvalue weighted by Gasteiger charge is 2.34. The number of rotatable bonds is 4. The lowest BCUT2D eigenvalue weighted by Gasteiger charge is -2.14. The fraction of sp³-hybridized carbons (Fsp3) is 0.357. The Morgan fingerprint density at radius 3 is 2.16 bits per heavy atom. The Kier molecular flexibility index (Phi) is 3.64. The van der Waals surface area contributed by atoms with E-state index in [2.05, 4.69) is 0 Å². The number of esters is 1. The van der Waals surface area contributed by atoms with Crippen LogP contribution in [0.1, 0.15) is 34.6 Å². The maximum Gasteiger partial charge on any atom is 0.308 e. The van der Waals surface area contributed by atoms with Gasteiger partial charge in [-0.05, 0) is 12.1 Å². The molecule has 19 heavy (non-hydrogen) atoms. The van der Waals surface area contributed by atoms with E-state index < -0.39 is 0 Å². The molecule has 100 valence electrons. The van der Waals surface area contributed by atoms with Crippen LogP contribution in [0.5, 0.6) is 0 Å². The van der Waals surface area contributed by atoms with Gasteiger partial charge in [0.2, 0.25) is 0 Å². The molecule has 0 saturated heterocycles. The number of carbonyl (C=O) groups excluding carboxylic acids is 3. The van der Waals surface area contributed by atoms with Crippen molar-refractivity contribution in [1.82, 2.24) is 4.90 Å². The molecule has 1 heterocycles. The molecule has 5 heteroatoms. The highest BCUT2D eigenvalue weighted by atomic mass is 16.5. The van der Waals surface area contributed by atoms with Gasteiger partial charge in [0.25, 0.3) is 11.8 Å². The number of benzene rings is 1. The highest BCUT2D eigenvalue weighted by molar-refractivity contribution is 6.21. The number of hydrogen-bond acceptors (Lipinski definition) is 4. The van der Waals surface area contributed by atoms with Gasteiger partial charge in [0.1, 0.15) is 6.61 Å². The first-order chi connectivity index (χ1) is 9.02. The second kappa shape index (κ2) is 5.22. The van der Waals surface area contributed by atoms with Crippen LogP contribution in [0.2, 0.25) is 0 Å². The molecule has 2 rings (SSSR count). The molecule has 1 aliphatic heterocycles.